The molecule has 1 saturated heterocycles. The van der Waals surface area contributed by atoms with Crippen LogP contribution in [0.2, 0.25) is 0 Å². The van der Waals surface area contributed by atoms with Gasteiger partial charge in [-0.25, -0.2) is 4.79 Å². The van der Waals surface area contributed by atoms with Gasteiger partial charge in [-0.3, -0.25) is 4.90 Å². The van der Waals surface area contributed by atoms with Gasteiger partial charge in [-0.05, 0) is 31.0 Å². The fourth-order valence-corrected chi connectivity index (χ4v) is 2.86. The second-order valence-electron chi connectivity index (χ2n) is 5.68. The number of nitrogens with one attached hydrogen (secondary N) is 1. The molecule has 1 atom stereocenters. The largest absolute Gasteiger partial charge is 0.423 e. The molecular formula is C16H20N2O2. The summed E-state index contributed by atoms with van der Waals surface area (Å²) in [7, 11) is 0. The van der Waals surface area contributed by atoms with E-state index < -0.39 is 0 Å². The lowest BCUT2D eigenvalue weighted by Gasteiger charge is -2.31. The Hall–Kier alpha value is -1.65. The first kappa shape index (κ1) is 13.3. The number of piperazine rings is 1. The third-order valence-corrected chi connectivity index (χ3v) is 3.83. The molecule has 20 heavy (non-hydrogen) atoms. The molecule has 4 nitrogen and oxygen atoms in total. The van der Waals surface area contributed by atoms with Crippen molar-refractivity contribution < 1.29 is 4.42 Å². The zero-order chi connectivity index (χ0) is 14.1. The first-order valence-corrected chi connectivity index (χ1v) is 7.11. The van der Waals surface area contributed by atoms with E-state index in [9.17, 15) is 4.79 Å². The molecule has 2 aromatic rings. The monoisotopic (exact) mass is 272 g/mol. The molecular weight excluding hydrogens is 252 g/mol. The minimum atomic E-state index is -0.263. The first-order valence-electron chi connectivity index (χ1n) is 7.11. The molecule has 1 aliphatic rings. The third-order valence-electron chi connectivity index (χ3n) is 3.83. The molecule has 4 heteroatoms. The van der Waals surface area contributed by atoms with Gasteiger partial charge in [0.25, 0.3) is 0 Å². The van der Waals surface area contributed by atoms with E-state index in [-0.39, 0.29) is 5.63 Å². The molecule has 0 saturated carbocycles. The average Bonchev–Trinajstić information content (AvgIpc) is 2.37. The van der Waals surface area contributed by atoms with Crippen LogP contribution in [-0.4, -0.2) is 30.6 Å². The molecule has 0 radical (unpaired) electrons. The van der Waals surface area contributed by atoms with Gasteiger partial charge in [0.2, 0.25) is 0 Å². The van der Waals surface area contributed by atoms with E-state index in [1.807, 2.05) is 13.0 Å². The van der Waals surface area contributed by atoms with Gasteiger partial charge in [0.05, 0.1) is 0 Å². The van der Waals surface area contributed by atoms with Crippen molar-refractivity contribution in [2.75, 3.05) is 19.6 Å². The molecule has 0 amide bonds. The molecule has 1 aromatic carbocycles. The number of rotatable bonds is 2. The molecule has 1 N–H and O–H groups in total. The molecule has 1 aromatic heterocycles. The van der Waals surface area contributed by atoms with Crippen LogP contribution in [0, 0.1) is 6.92 Å². The van der Waals surface area contributed by atoms with Gasteiger partial charge in [0.1, 0.15) is 5.58 Å². The Bertz CT molecular complexity index is 678. The van der Waals surface area contributed by atoms with Gasteiger partial charge < -0.3 is 9.73 Å². The zero-order valence-corrected chi connectivity index (χ0v) is 12.0. The lowest BCUT2D eigenvalue weighted by molar-refractivity contribution is 0.200. The van der Waals surface area contributed by atoms with Crippen LogP contribution in [0.15, 0.2) is 33.5 Å². The smallest absolute Gasteiger partial charge is 0.336 e. The number of hydrogen-bond donors (Lipinski definition) is 1. The third kappa shape index (κ3) is 2.76. The summed E-state index contributed by atoms with van der Waals surface area (Å²) in [6.45, 7) is 8.01. The van der Waals surface area contributed by atoms with E-state index in [0.717, 1.165) is 42.7 Å². The van der Waals surface area contributed by atoms with E-state index in [1.165, 1.54) is 0 Å². The van der Waals surface area contributed by atoms with Crippen molar-refractivity contribution >= 4 is 11.0 Å². The number of fused-ring (bicyclic) bond motifs is 1. The Labute approximate surface area is 118 Å². The number of nitrogens with zero attached hydrogens (tertiary/aromatic N) is 1. The summed E-state index contributed by atoms with van der Waals surface area (Å²) in [5.41, 5.74) is 2.59. The van der Waals surface area contributed by atoms with Gasteiger partial charge in [-0.1, -0.05) is 12.1 Å². The topological polar surface area (TPSA) is 45.5 Å². The Morgan fingerprint density at radius 3 is 3.05 bits per heavy atom. The highest BCUT2D eigenvalue weighted by atomic mass is 16.4. The van der Waals surface area contributed by atoms with Gasteiger partial charge in [0.15, 0.2) is 0 Å². The van der Waals surface area contributed by atoms with Crippen molar-refractivity contribution in [2.45, 2.75) is 26.4 Å². The maximum Gasteiger partial charge on any atom is 0.336 e. The summed E-state index contributed by atoms with van der Waals surface area (Å²) in [6, 6.07) is 8.17. The van der Waals surface area contributed by atoms with E-state index in [4.69, 9.17) is 4.42 Å². The van der Waals surface area contributed by atoms with E-state index in [0.29, 0.717) is 11.6 Å². The molecule has 0 spiro atoms. The summed E-state index contributed by atoms with van der Waals surface area (Å²) in [4.78, 5) is 14.1. The van der Waals surface area contributed by atoms with Crippen LogP contribution in [0.5, 0.6) is 0 Å². The lowest BCUT2D eigenvalue weighted by atomic mass is 10.1. The van der Waals surface area contributed by atoms with E-state index >= 15 is 0 Å². The summed E-state index contributed by atoms with van der Waals surface area (Å²) in [6.07, 6.45) is 0. The zero-order valence-electron chi connectivity index (χ0n) is 12.0. The van der Waals surface area contributed by atoms with Crippen molar-refractivity contribution in [3.8, 4) is 0 Å². The van der Waals surface area contributed by atoms with Crippen LogP contribution in [0.4, 0.5) is 0 Å². The van der Waals surface area contributed by atoms with Crippen LogP contribution in [0.1, 0.15) is 18.1 Å². The Balaban J connectivity index is 1.96. The van der Waals surface area contributed by atoms with Crippen molar-refractivity contribution in [3.63, 3.8) is 0 Å². The highest BCUT2D eigenvalue weighted by Crippen LogP contribution is 2.20. The summed E-state index contributed by atoms with van der Waals surface area (Å²) < 4.78 is 5.31. The Kier molecular flexibility index (Phi) is 3.59. The number of aryl methyl sites for hydroxylation is 1. The molecule has 0 unspecified atom stereocenters. The van der Waals surface area contributed by atoms with Crippen molar-refractivity contribution in [1.29, 1.82) is 0 Å². The Morgan fingerprint density at radius 2 is 2.25 bits per heavy atom. The molecule has 1 fully saturated rings. The second-order valence-corrected chi connectivity index (χ2v) is 5.68. The van der Waals surface area contributed by atoms with Gasteiger partial charge in [-0.2, -0.15) is 0 Å². The second kappa shape index (κ2) is 5.38. The molecule has 106 valence electrons. The molecule has 1 aliphatic heterocycles. The predicted octanol–water partition coefficient (Wildman–Crippen LogP) is 1.90. The molecule has 0 aliphatic carbocycles. The van der Waals surface area contributed by atoms with Crippen LogP contribution in [0.25, 0.3) is 11.0 Å². The predicted molar refractivity (Wildman–Crippen MR) is 80.0 cm³/mol. The molecule has 0 bridgehead atoms. The molecule has 3 rings (SSSR count). The van der Waals surface area contributed by atoms with E-state index in [2.05, 4.69) is 29.3 Å². The average molecular weight is 272 g/mol. The highest BCUT2D eigenvalue weighted by Gasteiger charge is 2.17. The maximum atomic E-state index is 11.7. The lowest BCUT2D eigenvalue weighted by Crippen LogP contribution is -2.48. The van der Waals surface area contributed by atoms with Crippen molar-refractivity contribution in [3.05, 3.63) is 45.8 Å². The normalized spacial score (nSPS) is 20.4. The minimum Gasteiger partial charge on any atom is -0.423 e. The maximum absolute atomic E-state index is 11.7. The van der Waals surface area contributed by atoms with E-state index in [1.54, 1.807) is 6.07 Å². The molecule has 2 heterocycles. The van der Waals surface area contributed by atoms with Gasteiger partial charge in [0, 0.05) is 43.7 Å². The van der Waals surface area contributed by atoms with Crippen LogP contribution in [0.3, 0.4) is 0 Å². The summed E-state index contributed by atoms with van der Waals surface area (Å²) >= 11 is 0. The fraction of sp³-hybridized carbons (Fsp3) is 0.438. The fourth-order valence-electron chi connectivity index (χ4n) is 2.86. The van der Waals surface area contributed by atoms with Crippen LogP contribution < -0.4 is 10.9 Å². The van der Waals surface area contributed by atoms with Gasteiger partial charge >= 0.3 is 5.63 Å². The summed E-state index contributed by atoms with van der Waals surface area (Å²) in [5, 5.41) is 4.47. The highest BCUT2D eigenvalue weighted by molar-refractivity contribution is 5.80. The minimum absolute atomic E-state index is 0.263. The van der Waals surface area contributed by atoms with Crippen molar-refractivity contribution in [2.24, 2.45) is 0 Å². The number of benzene rings is 1. The Morgan fingerprint density at radius 1 is 1.40 bits per heavy atom. The van der Waals surface area contributed by atoms with Crippen LogP contribution in [-0.2, 0) is 6.54 Å². The first-order chi connectivity index (χ1) is 9.61. The number of hydrogen-bond acceptors (Lipinski definition) is 4. The SMILES string of the molecule is Cc1ccc2c(CN3CCN[C@@H](C)C3)cc(=O)oc2c1. The van der Waals surface area contributed by atoms with Crippen molar-refractivity contribution in [1.82, 2.24) is 10.2 Å². The van der Waals surface area contributed by atoms with Crippen LogP contribution >= 0.6 is 0 Å². The quantitative estimate of drug-likeness (QED) is 0.848. The van der Waals surface area contributed by atoms with Gasteiger partial charge in [-0.15, -0.1) is 0 Å². The standard InChI is InChI=1S/C16H20N2O2/c1-11-3-4-14-13(8-16(19)20-15(14)7-11)10-18-6-5-17-12(2)9-18/h3-4,7-8,12,17H,5-6,9-10H2,1-2H3/t12-/m0/s1. The summed E-state index contributed by atoms with van der Waals surface area (Å²) in [5.74, 6) is 0.